The molecule has 0 bridgehead atoms. The highest BCUT2D eigenvalue weighted by Gasteiger charge is 2.06. The third kappa shape index (κ3) is 1.02. The molecule has 1 aromatic heterocycles. The molecule has 1 heterocycles. The Morgan fingerprint density at radius 1 is 0.800 bits per heavy atom. The summed E-state index contributed by atoms with van der Waals surface area (Å²) in [7, 11) is 0. The summed E-state index contributed by atoms with van der Waals surface area (Å²) in [6.07, 6.45) is 1.37. The highest BCUT2D eigenvalue weighted by molar-refractivity contribution is 6.11. The van der Waals surface area contributed by atoms with Crippen molar-refractivity contribution in [2.45, 2.75) is 0 Å². The van der Waals surface area contributed by atoms with Crippen LogP contribution >= 0.6 is 0 Å². The maximum Gasteiger partial charge on any atom is 0.0908 e. The average Bonchev–Trinajstić information content (AvgIpc) is 2.63. The molecular formula is C13H10N2. The monoisotopic (exact) mass is 194 g/mol. The van der Waals surface area contributed by atoms with Crippen molar-refractivity contribution in [2.24, 2.45) is 0 Å². The maximum atomic E-state index is 7.46. The topological polar surface area (TPSA) is 28.8 Å². The Labute approximate surface area is 87.3 Å². The number of aromatic nitrogens is 1. The molecule has 0 radical (unpaired) electrons. The van der Waals surface area contributed by atoms with Crippen LogP contribution in [0.25, 0.3) is 21.8 Å². The Hall–Kier alpha value is -2.09. The Bertz CT molecular complexity index is 596. The van der Waals surface area contributed by atoms with E-state index >= 15 is 0 Å². The summed E-state index contributed by atoms with van der Waals surface area (Å²) >= 11 is 0. The lowest BCUT2D eigenvalue weighted by Crippen LogP contribution is -1.91. The van der Waals surface area contributed by atoms with E-state index in [-0.39, 0.29) is 0 Å². The van der Waals surface area contributed by atoms with Gasteiger partial charge in [-0.05, 0) is 12.1 Å². The third-order valence-electron chi connectivity index (χ3n) is 2.75. The fourth-order valence-corrected chi connectivity index (χ4v) is 2.09. The number of hydrogen-bond donors (Lipinski definition) is 1. The van der Waals surface area contributed by atoms with Crippen molar-refractivity contribution in [3.63, 3.8) is 0 Å². The summed E-state index contributed by atoms with van der Waals surface area (Å²) in [5.41, 5.74) is 2.18. The van der Waals surface area contributed by atoms with Gasteiger partial charge in [-0.2, -0.15) is 0 Å². The first-order chi connectivity index (χ1) is 7.42. The lowest BCUT2D eigenvalue weighted by molar-refractivity contribution is 1.28. The van der Waals surface area contributed by atoms with Gasteiger partial charge in [-0.25, -0.2) is 0 Å². The molecule has 15 heavy (non-hydrogen) atoms. The summed E-state index contributed by atoms with van der Waals surface area (Å²) in [5, 5.41) is 9.87. The van der Waals surface area contributed by atoms with Crippen molar-refractivity contribution < 1.29 is 0 Å². The van der Waals surface area contributed by atoms with E-state index in [0.29, 0.717) is 0 Å². The molecule has 0 aliphatic carbocycles. The van der Waals surface area contributed by atoms with Crippen LogP contribution in [0.5, 0.6) is 0 Å². The molecule has 0 spiro atoms. The summed E-state index contributed by atoms with van der Waals surface area (Å²) < 4.78 is 1.91. The van der Waals surface area contributed by atoms with Crippen LogP contribution in [0.4, 0.5) is 0 Å². The predicted molar refractivity (Wildman–Crippen MR) is 63.6 cm³/mol. The first kappa shape index (κ1) is 8.24. The van der Waals surface area contributed by atoms with Gasteiger partial charge in [-0.3, -0.25) is 5.41 Å². The zero-order valence-electron chi connectivity index (χ0n) is 8.14. The van der Waals surface area contributed by atoms with Gasteiger partial charge in [0, 0.05) is 10.8 Å². The highest BCUT2D eigenvalue weighted by atomic mass is 15.0. The average molecular weight is 194 g/mol. The number of hydrogen-bond acceptors (Lipinski definition) is 1. The first-order valence-corrected chi connectivity index (χ1v) is 4.90. The molecule has 0 fully saturated rings. The molecule has 72 valence electrons. The zero-order chi connectivity index (χ0) is 10.3. The van der Waals surface area contributed by atoms with Crippen LogP contribution in [-0.2, 0) is 0 Å². The van der Waals surface area contributed by atoms with E-state index in [9.17, 15) is 0 Å². The van der Waals surface area contributed by atoms with Crippen molar-refractivity contribution in [3.8, 4) is 0 Å². The summed E-state index contributed by atoms with van der Waals surface area (Å²) in [6, 6.07) is 16.3. The molecule has 0 aliphatic rings. The molecule has 3 aromatic rings. The number of nitrogens with one attached hydrogen (secondary N) is 1. The van der Waals surface area contributed by atoms with E-state index in [4.69, 9.17) is 5.41 Å². The van der Waals surface area contributed by atoms with Crippen LogP contribution in [0.15, 0.2) is 48.5 Å². The first-order valence-electron chi connectivity index (χ1n) is 4.90. The second-order valence-corrected chi connectivity index (χ2v) is 3.53. The fraction of sp³-hybridized carbons (Fsp3) is 0. The highest BCUT2D eigenvalue weighted by Crippen LogP contribution is 2.27. The summed E-state index contributed by atoms with van der Waals surface area (Å²) in [5.74, 6) is 0. The molecule has 3 rings (SSSR count). The molecule has 0 atom stereocenters. The van der Waals surface area contributed by atoms with E-state index in [0.717, 1.165) is 11.0 Å². The Balaban J connectivity index is 2.68. The molecule has 0 unspecified atom stereocenters. The molecule has 0 saturated heterocycles. The minimum Gasteiger partial charge on any atom is -0.300 e. The predicted octanol–water partition coefficient (Wildman–Crippen LogP) is 3.25. The number of fused-ring (bicyclic) bond motifs is 3. The Morgan fingerprint density at radius 3 is 1.73 bits per heavy atom. The van der Waals surface area contributed by atoms with Gasteiger partial charge in [0.2, 0.25) is 0 Å². The molecule has 0 aliphatic heterocycles. The van der Waals surface area contributed by atoms with Crippen LogP contribution < -0.4 is 0 Å². The fourth-order valence-electron chi connectivity index (χ4n) is 2.09. The van der Waals surface area contributed by atoms with Gasteiger partial charge in [0.05, 0.1) is 17.4 Å². The van der Waals surface area contributed by atoms with E-state index in [2.05, 4.69) is 12.1 Å². The molecule has 2 aromatic carbocycles. The Morgan fingerprint density at radius 2 is 1.27 bits per heavy atom. The smallest absolute Gasteiger partial charge is 0.0908 e. The van der Waals surface area contributed by atoms with Gasteiger partial charge in [0.1, 0.15) is 0 Å². The normalized spacial score (nSPS) is 10.9. The quantitative estimate of drug-likeness (QED) is 0.455. The lowest BCUT2D eigenvalue weighted by atomic mass is 10.2. The number of nitrogens with zero attached hydrogens (tertiary/aromatic N) is 1. The SMILES string of the molecule is N=Cn1c2ccccc2c2ccccc21. The van der Waals surface area contributed by atoms with Crippen LogP contribution in [0.3, 0.4) is 0 Å². The van der Waals surface area contributed by atoms with E-state index in [1.54, 1.807) is 0 Å². The number of benzene rings is 2. The van der Waals surface area contributed by atoms with Gasteiger partial charge < -0.3 is 4.57 Å². The van der Waals surface area contributed by atoms with Gasteiger partial charge in [-0.1, -0.05) is 36.4 Å². The molecular weight excluding hydrogens is 184 g/mol. The number of rotatable bonds is 1. The maximum absolute atomic E-state index is 7.46. The van der Waals surface area contributed by atoms with Crippen LogP contribution in [-0.4, -0.2) is 10.9 Å². The van der Waals surface area contributed by atoms with E-state index in [1.807, 2.05) is 41.0 Å². The van der Waals surface area contributed by atoms with Gasteiger partial charge in [0.15, 0.2) is 0 Å². The molecule has 2 heteroatoms. The van der Waals surface area contributed by atoms with Gasteiger partial charge in [0.25, 0.3) is 0 Å². The largest absolute Gasteiger partial charge is 0.300 e. The van der Waals surface area contributed by atoms with Crippen molar-refractivity contribution in [1.82, 2.24) is 4.57 Å². The van der Waals surface area contributed by atoms with Crippen molar-refractivity contribution in [1.29, 1.82) is 5.41 Å². The van der Waals surface area contributed by atoms with Crippen LogP contribution in [0.2, 0.25) is 0 Å². The molecule has 2 nitrogen and oxygen atoms in total. The van der Waals surface area contributed by atoms with Crippen LogP contribution in [0, 0.1) is 5.41 Å². The standard InChI is InChI=1S/C13H10N2/c14-9-15-12-7-3-1-5-10(12)11-6-2-4-8-13(11)15/h1-9,14H. The molecule has 0 amide bonds. The second kappa shape index (κ2) is 2.95. The van der Waals surface area contributed by atoms with E-state index < -0.39 is 0 Å². The Kier molecular flexibility index (Phi) is 1.62. The van der Waals surface area contributed by atoms with Crippen molar-refractivity contribution >= 4 is 28.1 Å². The van der Waals surface area contributed by atoms with Crippen molar-refractivity contribution in [2.75, 3.05) is 0 Å². The second-order valence-electron chi connectivity index (χ2n) is 3.53. The third-order valence-corrected chi connectivity index (χ3v) is 2.75. The lowest BCUT2D eigenvalue weighted by Gasteiger charge is -1.96. The minimum atomic E-state index is 1.09. The van der Waals surface area contributed by atoms with Gasteiger partial charge in [-0.15, -0.1) is 0 Å². The van der Waals surface area contributed by atoms with Crippen LogP contribution in [0.1, 0.15) is 0 Å². The van der Waals surface area contributed by atoms with E-state index in [1.165, 1.54) is 17.1 Å². The summed E-state index contributed by atoms with van der Waals surface area (Å²) in [6.45, 7) is 0. The molecule has 0 saturated carbocycles. The molecule has 1 N–H and O–H groups in total. The zero-order valence-corrected chi connectivity index (χ0v) is 8.14. The number of para-hydroxylation sites is 2. The van der Waals surface area contributed by atoms with Gasteiger partial charge >= 0.3 is 0 Å². The minimum absolute atomic E-state index is 1.09. The summed E-state index contributed by atoms with van der Waals surface area (Å²) in [4.78, 5) is 0. The van der Waals surface area contributed by atoms with Crippen molar-refractivity contribution in [3.05, 3.63) is 48.5 Å².